The Hall–Kier alpha value is -3.04. The average molecular weight is 473 g/mol. The third-order valence-electron chi connectivity index (χ3n) is 4.20. The molecule has 0 spiro atoms. The number of hydrogen-bond donors (Lipinski definition) is 1. The molecule has 0 saturated heterocycles. The summed E-state index contributed by atoms with van der Waals surface area (Å²) in [4.78, 5) is 22.0. The molecule has 3 aromatic heterocycles. The molecule has 0 unspecified atom stereocenters. The predicted octanol–water partition coefficient (Wildman–Crippen LogP) is 5.23. The molecule has 0 bridgehead atoms. The molecular weight excluding hydrogens is 459 g/mol. The fraction of sp³-hybridized carbons (Fsp3) is 0.0500. The quantitative estimate of drug-likeness (QED) is 0.403. The molecule has 0 saturated carbocycles. The number of fused-ring (bicyclic) bond motifs is 1. The third-order valence-corrected chi connectivity index (χ3v) is 5.59. The van der Waals surface area contributed by atoms with Crippen LogP contribution < -0.4 is 4.90 Å². The minimum atomic E-state index is -1.05. The van der Waals surface area contributed by atoms with Crippen molar-refractivity contribution >= 4 is 55.9 Å². The Morgan fingerprint density at radius 1 is 1.24 bits per heavy atom. The van der Waals surface area contributed by atoms with E-state index in [0.29, 0.717) is 22.3 Å². The second-order valence-electron chi connectivity index (χ2n) is 6.15. The van der Waals surface area contributed by atoms with Crippen LogP contribution in [0, 0.1) is 5.82 Å². The van der Waals surface area contributed by atoms with Gasteiger partial charge in [0.2, 0.25) is 0 Å². The number of rotatable bonds is 5. The topological polar surface area (TPSA) is 70.7 Å². The van der Waals surface area contributed by atoms with Gasteiger partial charge in [-0.1, -0.05) is 0 Å². The van der Waals surface area contributed by atoms with E-state index in [1.165, 1.54) is 29.5 Å². The van der Waals surface area contributed by atoms with Gasteiger partial charge in [0.25, 0.3) is 0 Å². The van der Waals surface area contributed by atoms with Crippen LogP contribution in [0.15, 0.2) is 58.5 Å². The minimum Gasteiger partial charge on any atom is -0.478 e. The second kappa shape index (κ2) is 7.76. The van der Waals surface area contributed by atoms with E-state index in [2.05, 4.69) is 25.9 Å². The van der Waals surface area contributed by atoms with Crippen molar-refractivity contribution in [3.8, 4) is 11.3 Å². The van der Waals surface area contributed by atoms with Gasteiger partial charge in [0, 0.05) is 34.7 Å². The van der Waals surface area contributed by atoms with Gasteiger partial charge in [0.05, 0.1) is 5.69 Å². The van der Waals surface area contributed by atoms with E-state index in [9.17, 15) is 9.18 Å². The van der Waals surface area contributed by atoms with E-state index < -0.39 is 5.97 Å². The Morgan fingerprint density at radius 2 is 2.00 bits per heavy atom. The third kappa shape index (κ3) is 3.92. The Balaban J connectivity index is 1.79. The van der Waals surface area contributed by atoms with E-state index in [0.717, 1.165) is 21.8 Å². The summed E-state index contributed by atoms with van der Waals surface area (Å²) in [6, 6.07) is 9.86. The fourth-order valence-electron chi connectivity index (χ4n) is 2.88. The maximum atomic E-state index is 13.2. The first-order valence-corrected chi connectivity index (χ1v) is 10.1. The Kier molecular flexibility index (Phi) is 5.16. The van der Waals surface area contributed by atoms with Gasteiger partial charge in [-0.05, 0) is 58.4 Å². The summed E-state index contributed by atoms with van der Waals surface area (Å²) >= 11 is 4.89. The van der Waals surface area contributed by atoms with Crippen molar-refractivity contribution in [2.24, 2.45) is 0 Å². The van der Waals surface area contributed by atoms with E-state index in [4.69, 9.17) is 5.11 Å². The number of nitrogens with zero attached hydrogens (tertiary/aromatic N) is 4. The van der Waals surface area contributed by atoms with Crippen molar-refractivity contribution < 1.29 is 14.3 Å². The first-order valence-electron chi connectivity index (χ1n) is 8.46. The van der Waals surface area contributed by atoms with Gasteiger partial charge in [0.1, 0.15) is 23.0 Å². The lowest BCUT2D eigenvalue weighted by atomic mass is 10.2. The Bertz CT molecular complexity index is 1230. The van der Waals surface area contributed by atoms with E-state index >= 15 is 0 Å². The Labute approximate surface area is 177 Å². The summed E-state index contributed by atoms with van der Waals surface area (Å²) in [5.74, 6) is -0.670. The molecule has 0 aliphatic heterocycles. The highest BCUT2D eigenvalue weighted by molar-refractivity contribution is 9.10. The van der Waals surface area contributed by atoms with Crippen molar-refractivity contribution in [2.45, 2.75) is 0 Å². The normalized spacial score (nSPS) is 11.4. The van der Waals surface area contributed by atoms with Gasteiger partial charge in [-0.15, -0.1) is 11.3 Å². The number of carboxylic acid groups (broad SMARTS) is 1. The van der Waals surface area contributed by atoms with Gasteiger partial charge >= 0.3 is 5.97 Å². The van der Waals surface area contributed by atoms with Crippen LogP contribution in [0.1, 0.15) is 5.69 Å². The van der Waals surface area contributed by atoms with Crippen LogP contribution in [-0.4, -0.2) is 32.5 Å². The number of pyridine rings is 1. The van der Waals surface area contributed by atoms with E-state index in [-0.39, 0.29) is 5.82 Å². The van der Waals surface area contributed by atoms with E-state index in [1.54, 1.807) is 12.1 Å². The largest absolute Gasteiger partial charge is 0.478 e. The number of imidazole rings is 1. The van der Waals surface area contributed by atoms with Crippen LogP contribution in [-0.2, 0) is 4.79 Å². The lowest BCUT2D eigenvalue weighted by Crippen LogP contribution is -2.13. The molecule has 4 aromatic rings. The summed E-state index contributed by atoms with van der Waals surface area (Å²) in [5.41, 5.74) is 2.73. The number of carbonyl (C=O) groups is 1. The SMILES string of the molecule is CN(c1nc(-c2ccc(F)cc2)cs1)c1c(C=CC(=O)O)nc2ccc(Br)cn12. The number of halogens is 2. The molecule has 29 heavy (non-hydrogen) atoms. The maximum Gasteiger partial charge on any atom is 0.328 e. The molecular formula is C20H14BrFN4O2S. The zero-order valence-electron chi connectivity index (χ0n) is 15.1. The predicted molar refractivity (Wildman–Crippen MR) is 115 cm³/mol. The van der Waals surface area contributed by atoms with Crippen LogP contribution in [0.25, 0.3) is 23.0 Å². The van der Waals surface area contributed by atoms with Gasteiger partial charge in [-0.25, -0.2) is 19.2 Å². The number of aromatic nitrogens is 3. The summed E-state index contributed by atoms with van der Waals surface area (Å²) in [6.07, 6.45) is 4.38. The molecule has 146 valence electrons. The molecule has 0 amide bonds. The molecule has 1 aromatic carbocycles. The average Bonchev–Trinajstić information content (AvgIpc) is 3.31. The molecule has 0 aliphatic rings. The van der Waals surface area contributed by atoms with Gasteiger partial charge in [-0.3, -0.25) is 4.40 Å². The van der Waals surface area contributed by atoms with Crippen molar-refractivity contribution in [3.63, 3.8) is 0 Å². The maximum absolute atomic E-state index is 13.2. The van der Waals surface area contributed by atoms with Gasteiger partial charge in [0.15, 0.2) is 5.13 Å². The molecule has 9 heteroatoms. The summed E-state index contributed by atoms with van der Waals surface area (Å²) in [7, 11) is 1.84. The number of aliphatic carboxylic acids is 1. The van der Waals surface area contributed by atoms with Crippen molar-refractivity contribution in [1.29, 1.82) is 0 Å². The van der Waals surface area contributed by atoms with Crippen LogP contribution in [0.3, 0.4) is 0 Å². The molecule has 0 atom stereocenters. The zero-order valence-corrected chi connectivity index (χ0v) is 17.5. The molecule has 3 heterocycles. The number of anilines is 2. The standard InChI is InChI=1S/C20H14BrFN4O2S/c1-25(20-24-16(11-29-20)12-2-5-14(22)6-3-12)19-15(7-9-18(27)28)23-17-8-4-13(21)10-26(17)19/h2-11H,1H3,(H,27,28). The first-order chi connectivity index (χ1) is 13.9. The smallest absolute Gasteiger partial charge is 0.328 e. The summed E-state index contributed by atoms with van der Waals surface area (Å²) in [6.45, 7) is 0. The molecule has 0 fully saturated rings. The second-order valence-corrected chi connectivity index (χ2v) is 7.90. The Morgan fingerprint density at radius 3 is 2.72 bits per heavy atom. The van der Waals surface area contributed by atoms with Crippen molar-refractivity contribution in [1.82, 2.24) is 14.4 Å². The highest BCUT2D eigenvalue weighted by atomic mass is 79.9. The van der Waals surface area contributed by atoms with Gasteiger partial charge < -0.3 is 10.0 Å². The first kappa shape index (κ1) is 19.3. The highest BCUT2D eigenvalue weighted by Crippen LogP contribution is 2.34. The van der Waals surface area contributed by atoms with Crippen LogP contribution in [0.5, 0.6) is 0 Å². The summed E-state index contributed by atoms with van der Waals surface area (Å²) < 4.78 is 15.9. The number of hydrogen-bond acceptors (Lipinski definition) is 5. The molecule has 4 rings (SSSR count). The number of thiazole rings is 1. The van der Waals surface area contributed by atoms with Crippen molar-refractivity contribution in [3.05, 3.63) is 70.0 Å². The lowest BCUT2D eigenvalue weighted by Gasteiger charge is -2.16. The zero-order chi connectivity index (χ0) is 20.5. The molecule has 0 aliphatic carbocycles. The van der Waals surface area contributed by atoms with Crippen molar-refractivity contribution in [2.75, 3.05) is 11.9 Å². The number of benzene rings is 1. The van der Waals surface area contributed by atoms with Crippen LogP contribution in [0.2, 0.25) is 0 Å². The minimum absolute atomic E-state index is 0.299. The fourth-order valence-corrected chi connectivity index (χ4v) is 4.02. The lowest BCUT2D eigenvalue weighted by molar-refractivity contribution is -0.131. The monoisotopic (exact) mass is 472 g/mol. The van der Waals surface area contributed by atoms with Crippen LogP contribution >= 0.6 is 27.3 Å². The molecule has 6 nitrogen and oxygen atoms in total. The highest BCUT2D eigenvalue weighted by Gasteiger charge is 2.19. The molecule has 0 radical (unpaired) electrons. The summed E-state index contributed by atoms with van der Waals surface area (Å²) in [5, 5.41) is 11.6. The van der Waals surface area contributed by atoms with E-state index in [1.807, 2.05) is 40.1 Å². The van der Waals surface area contributed by atoms with Crippen LogP contribution in [0.4, 0.5) is 15.3 Å². The molecule has 1 N–H and O–H groups in total. The number of carboxylic acids is 1. The van der Waals surface area contributed by atoms with Gasteiger partial charge in [-0.2, -0.15) is 0 Å².